The van der Waals surface area contributed by atoms with Gasteiger partial charge in [-0.1, -0.05) is 12.1 Å². The molecular weight excluding hydrogens is 194 g/mol. The molecule has 1 aliphatic rings. The molecule has 0 radical (unpaired) electrons. The van der Waals surface area contributed by atoms with Gasteiger partial charge in [-0.3, -0.25) is 4.79 Å². The zero-order valence-corrected chi connectivity index (χ0v) is 8.40. The molecule has 4 nitrogen and oxygen atoms in total. The topological polar surface area (TPSA) is 55.7 Å². The Hall–Kier alpha value is -1.71. The Balaban J connectivity index is 2.30. The van der Waals surface area contributed by atoms with Crippen LogP contribution in [0.5, 0.6) is 0 Å². The molecule has 0 aliphatic heterocycles. The number of carbonyl (C=O) groups is 1. The molecule has 1 aliphatic carbocycles. The lowest BCUT2D eigenvalue weighted by Gasteiger charge is -2.12. The molecule has 78 valence electrons. The molecule has 1 fully saturated rings. The van der Waals surface area contributed by atoms with Crippen LogP contribution < -0.4 is 0 Å². The molecule has 0 N–H and O–H groups in total. The summed E-state index contributed by atoms with van der Waals surface area (Å²) in [6.45, 7) is 0. The van der Waals surface area contributed by atoms with Crippen LogP contribution in [0.25, 0.3) is 0 Å². The Morgan fingerprint density at radius 2 is 1.93 bits per heavy atom. The number of carbonyl (C=O) groups excluding carboxylic acids is 1. The summed E-state index contributed by atoms with van der Waals surface area (Å²) >= 11 is 0. The minimum atomic E-state index is -0.462. The van der Waals surface area contributed by atoms with E-state index in [1.54, 1.807) is 24.3 Å². The van der Waals surface area contributed by atoms with E-state index in [1.807, 2.05) is 0 Å². The minimum Gasteiger partial charge on any atom is -0.468 e. The third-order valence-electron chi connectivity index (χ3n) is 2.85. The largest absolute Gasteiger partial charge is 0.468 e. The second-order valence-electron chi connectivity index (χ2n) is 3.71. The maximum atomic E-state index is 11.5. The zero-order valence-electron chi connectivity index (χ0n) is 8.40. The summed E-state index contributed by atoms with van der Waals surface area (Å²) in [7, 11) is 1.39. The van der Waals surface area contributed by atoms with Gasteiger partial charge in [-0.25, -0.2) is 0 Å². The Morgan fingerprint density at radius 3 is 2.33 bits per heavy atom. The first-order valence-electron chi connectivity index (χ1n) is 4.75. The van der Waals surface area contributed by atoms with Crippen molar-refractivity contribution in [3.8, 4) is 0 Å². The zero-order chi connectivity index (χ0) is 10.9. The van der Waals surface area contributed by atoms with Crippen LogP contribution in [-0.4, -0.2) is 13.1 Å². The SMILES string of the molecule is COC(=O)C1(c2ccc(N=O)cc2)CC1. The van der Waals surface area contributed by atoms with Crippen LogP contribution in [0.2, 0.25) is 0 Å². The molecule has 0 atom stereocenters. The Bertz CT molecular complexity index is 393. The Kier molecular flexibility index (Phi) is 2.26. The van der Waals surface area contributed by atoms with Crippen molar-refractivity contribution < 1.29 is 9.53 Å². The summed E-state index contributed by atoms with van der Waals surface area (Å²) in [5.41, 5.74) is 0.817. The van der Waals surface area contributed by atoms with Crippen LogP contribution in [0.1, 0.15) is 18.4 Å². The van der Waals surface area contributed by atoms with Crippen LogP contribution >= 0.6 is 0 Å². The lowest BCUT2D eigenvalue weighted by molar-refractivity contribution is -0.143. The van der Waals surface area contributed by atoms with Crippen molar-refractivity contribution in [2.24, 2.45) is 5.18 Å². The first kappa shape index (κ1) is 9.83. The van der Waals surface area contributed by atoms with Gasteiger partial charge in [-0.2, -0.15) is 0 Å². The maximum absolute atomic E-state index is 11.5. The molecule has 2 rings (SSSR count). The van der Waals surface area contributed by atoms with Gasteiger partial charge in [0.05, 0.1) is 12.5 Å². The third kappa shape index (κ3) is 1.52. The van der Waals surface area contributed by atoms with Crippen LogP contribution in [0.4, 0.5) is 5.69 Å². The average Bonchev–Trinajstić information content (AvgIpc) is 3.09. The third-order valence-corrected chi connectivity index (χ3v) is 2.85. The number of nitrogens with zero attached hydrogens (tertiary/aromatic N) is 1. The highest BCUT2D eigenvalue weighted by Crippen LogP contribution is 2.49. The molecule has 1 aromatic carbocycles. The number of benzene rings is 1. The fourth-order valence-electron chi connectivity index (χ4n) is 1.77. The summed E-state index contributed by atoms with van der Waals surface area (Å²) < 4.78 is 4.76. The van der Waals surface area contributed by atoms with Gasteiger partial charge in [0.15, 0.2) is 0 Å². The quantitative estimate of drug-likeness (QED) is 0.562. The number of hydrogen-bond donors (Lipinski definition) is 0. The van der Waals surface area contributed by atoms with E-state index < -0.39 is 5.41 Å². The second kappa shape index (κ2) is 3.46. The van der Waals surface area contributed by atoms with Crippen LogP contribution in [-0.2, 0) is 14.9 Å². The molecule has 4 heteroatoms. The normalized spacial score (nSPS) is 16.9. The smallest absolute Gasteiger partial charge is 0.316 e. The molecule has 0 saturated heterocycles. The van der Waals surface area contributed by atoms with Gasteiger partial charge in [0.1, 0.15) is 5.69 Å². The van der Waals surface area contributed by atoms with Crippen LogP contribution in [0.3, 0.4) is 0 Å². The maximum Gasteiger partial charge on any atom is 0.316 e. The lowest BCUT2D eigenvalue weighted by Crippen LogP contribution is -2.21. The molecule has 15 heavy (non-hydrogen) atoms. The van der Waals surface area contributed by atoms with Crippen molar-refractivity contribution in [3.05, 3.63) is 34.7 Å². The summed E-state index contributed by atoms with van der Waals surface area (Å²) in [5, 5.41) is 2.81. The van der Waals surface area contributed by atoms with Crippen LogP contribution in [0, 0.1) is 4.91 Å². The first-order chi connectivity index (χ1) is 7.23. The highest BCUT2D eigenvalue weighted by molar-refractivity contribution is 5.86. The van der Waals surface area contributed by atoms with E-state index in [0.29, 0.717) is 5.69 Å². The molecule has 0 heterocycles. The van der Waals surface area contributed by atoms with E-state index in [0.717, 1.165) is 18.4 Å². The number of methoxy groups -OCH3 is 1. The minimum absolute atomic E-state index is 0.200. The van der Waals surface area contributed by atoms with E-state index in [9.17, 15) is 9.70 Å². The van der Waals surface area contributed by atoms with Gasteiger partial charge in [-0.05, 0) is 35.7 Å². The molecule has 1 saturated carbocycles. The molecule has 0 spiro atoms. The Morgan fingerprint density at radius 1 is 1.33 bits per heavy atom. The van der Waals surface area contributed by atoms with E-state index in [2.05, 4.69) is 5.18 Å². The van der Waals surface area contributed by atoms with Gasteiger partial charge in [0, 0.05) is 0 Å². The number of ether oxygens (including phenoxy) is 1. The van der Waals surface area contributed by atoms with E-state index >= 15 is 0 Å². The predicted molar refractivity (Wildman–Crippen MR) is 54.8 cm³/mol. The summed E-state index contributed by atoms with van der Waals surface area (Å²) in [5.74, 6) is -0.200. The fourth-order valence-corrected chi connectivity index (χ4v) is 1.77. The molecule has 0 unspecified atom stereocenters. The number of rotatable bonds is 3. The average molecular weight is 205 g/mol. The fraction of sp³-hybridized carbons (Fsp3) is 0.364. The highest BCUT2D eigenvalue weighted by Gasteiger charge is 2.52. The van der Waals surface area contributed by atoms with Gasteiger partial charge in [-0.15, -0.1) is 4.91 Å². The molecule has 0 aromatic heterocycles. The van der Waals surface area contributed by atoms with E-state index in [4.69, 9.17) is 4.74 Å². The Labute approximate surface area is 87.2 Å². The number of esters is 1. The monoisotopic (exact) mass is 205 g/mol. The number of nitroso groups, excluding NO2 is 1. The van der Waals surface area contributed by atoms with E-state index in [-0.39, 0.29) is 5.97 Å². The van der Waals surface area contributed by atoms with Crippen molar-refractivity contribution in [1.29, 1.82) is 0 Å². The van der Waals surface area contributed by atoms with Crippen molar-refractivity contribution in [2.75, 3.05) is 7.11 Å². The van der Waals surface area contributed by atoms with Gasteiger partial charge in [0.2, 0.25) is 0 Å². The summed E-state index contributed by atoms with van der Waals surface area (Å²) in [6, 6.07) is 6.76. The van der Waals surface area contributed by atoms with Gasteiger partial charge < -0.3 is 4.74 Å². The summed E-state index contributed by atoms with van der Waals surface area (Å²) in [6.07, 6.45) is 1.63. The van der Waals surface area contributed by atoms with Crippen molar-refractivity contribution >= 4 is 11.7 Å². The van der Waals surface area contributed by atoms with Crippen LogP contribution in [0.15, 0.2) is 29.4 Å². The molecular formula is C11H11NO3. The first-order valence-corrected chi connectivity index (χ1v) is 4.75. The molecule has 0 amide bonds. The second-order valence-corrected chi connectivity index (χ2v) is 3.71. The van der Waals surface area contributed by atoms with E-state index in [1.165, 1.54) is 7.11 Å². The van der Waals surface area contributed by atoms with Gasteiger partial charge >= 0.3 is 5.97 Å². The van der Waals surface area contributed by atoms with Crippen molar-refractivity contribution in [3.63, 3.8) is 0 Å². The molecule has 1 aromatic rings. The predicted octanol–water partition coefficient (Wildman–Crippen LogP) is 2.29. The van der Waals surface area contributed by atoms with Crippen molar-refractivity contribution in [2.45, 2.75) is 18.3 Å². The highest BCUT2D eigenvalue weighted by atomic mass is 16.5. The lowest BCUT2D eigenvalue weighted by atomic mass is 9.96. The molecule has 0 bridgehead atoms. The summed E-state index contributed by atoms with van der Waals surface area (Å²) in [4.78, 5) is 21.8. The number of hydrogen-bond acceptors (Lipinski definition) is 4. The van der Waals surface area contributed by atoms with Crippen molar-refractivity contribution in [1.82, 2.24) is 0 Å². The standard InChI is InChI=1S/C11H11NO3/c1-15-10(13)11(6-7-11)8-2-4-9(12-14)5-3-8/h2-5H,6-7H2,1H3. The van der Waals surface area contributed by atoms with Gasteiger partial charge in [0.25, 0.3) is 0 Å².